The van der Waals surface area contributed by atoms with E-state index in [4.69, 9.17) is 9.26 Å². The summed E-state index contributed by atoms with van der Waals surface area (Å²) in [4.78, 5) is 0. The highest BCUT2D eigenvalue weighted by atomic mass is 16.5. The Kier molecular flexibility index (Phi) is 2.35. The molecule has 3 heterocycles. The molecule has 6 nitrogen and oxygen atoms in total. The number of para-hydroxylation sites is 1. The number of fused-ring (bicyclic) bond motifs is 2. The molecule has 0 spiro atoms. The van der Waals surface area contributed by atoms with Crippen LogP contribution in [-0.4, -0.2) is 19.9 Å². The van der Waals surface area contributed by atoms with E-state index in [-0.39, 0.29) is 0 Å². The van der Waals surface area contributed by atoms with Gasteiger partial charge in [0.2, 0.25) is 11.6 Å². The van der Waals surface area contributed by atoms with Gasteiger partial charge in [-0.25, -0.2) is 0 Å². The lowest BCUT2D eigenvalue weighted by atomic mass is 10.2. The van der Waals surface area contributed by atoms with E-state index >= 15 is 0 Å². The van der Waals surface area contributed by atoms with Crippen LogP contribution in [0.4, 0.5) is 0 Å². The number of benzene rings is 1. The molecule has 1 aliphatic rings. The van der Waals surface area contributed by atoms with Gasteiger partial charge in [0.1, 0.15) is 12.4 Å². The first kappa shape index (κ1) is 11.2. The fourth-order valence-corrected chi connectivity index (χ4v) is 2.35. The molecule has 0 radical (unpaired) electrons. The number of aryl methyl sites for hydroxylation is 1. The van der Waals surface area contributed by atoms with E-state index in [0.29, 0.717) is 24.7 Å². The van der Waals surface area contributed by atoms with Crippen LogP contribution in [0, 0.1) is 6.92 Å². The topological polar surface area (TPSA) is 66.0 Å². The van der Waals surface area contributed by atoms with Gasteiger partial charge in [-0.2, -0.15) is 0 Å². The van der Waals surface area contributed by atoms with E-state index in [1.807, 2.05) is 41.8 Å². The molecular weight excluding hydrogens is 256 g/mol. The molecule has 0 aliphatic carbocycles. The lowest BCUT2D eigenvalue weighted by molar-refractivity contribution is 0.297. The number of aromatic nitrogens is 4. The first-order chi connectivity index (χ1) is 9.81. The summed E-state index contributed by atoms with van der Waals surface area (Å²) in [5.74, 6) is 2.98. The minimum Gasteiger partial charge on any atom is -0.485 e. The van der Waals surface area contributed by atoms with Gasteiger partial charge in [-0.05, 0) is 13.0 Å². The average Bonchev–Trinajstić information content (AvgIpc) is 3.00. The maximum atomic E-state index is 5.76. The highest BCUT2D eigenvalue weighted by molar-refractivity contribution is 5.48. The van der Waals surface area contributed by atoms with Crippen LogP contribution in [0.5, 0.6) is 5.75 Å². The van der Waals surface area contributed by atoms with Gasteiger partial charge in [0.15, 0.2) is 5.82 Å². The monoisotopic (exact) mass is 268 g/mol. The third-order valence-electron chi connectivity index (χ3n) is 3.33. The Bertz CT molecular complexity index is 775. The second kappa shape index (κ2) is 4.19. The van der Waals surface area contributed by atoms with Crippen molar-refractivity contribution in [1.29, 1.82) is 0 Å². The lowest BCUT2D eigenvalue weighted by Gasteiger charge is -2.06. The molecule has 0 unspecified atom stereocenters. The van der Waals surface area contributed by atoms with Crippen molar-refractivity contribution in [3.05, 3.63) is 47.4 Å². The van der Waals surface area contributed by atoms with Crippen LogP contribution in [-0.2, 0) is 13.2 Å². The molecule has 6 heteroatoms. The molecular formula is C14H12N4O2. The van der Waals surface area contributed by atoms with Gasteiger partial charge >= 0.3 is 0 Å². The van der Waals surface area contributed by atoms with E-state index < -0.39 is 0 Å². The number of nitrogens with zero attached hydrogens (tertiary/aromatic N) is 4. The van der Waals surface area contributed by atoms with Crippen molar-refractivity contribution in [3.8, 4) is 17.3 Å². The van der Waals surface area contributed by atoms with Crippen LogP contribution in [0.15, 0.2) is 34.9 Å². The van der Waals surface area contributed by atoms with E-state index in [2.05, 4.69) is 15.4 Å². The molecule has 0 amide bonds. The molecule has 1 aliphatic heterocycles. The van der Waals surface area contributed by atoms with Crippen LogP contribution < -0.4 is 4.74 Å². The van der Waals surface area contributed by atoms with Crippen molar-refractivity contribution in [2.24, 2.45) is 0 Å². The predicted octanol–water partition coefficient (Wildman–Crippen LogP) is 2.18. The Morgan fingerprint density at radius 1 is 1.20 bits per heavy atom. The molecule has 1 aromatic carbocycles. The normalized spacial score (nSPS) is 13.2. The summed E-state index contributed by atoms with van der Waals surface area (Å²) in [7, 11) is 0. The first-order valence-electron chi connectivity index (χ1n) is 6.38. The molecule has 0 saturated heterocycles. The van der Waals surface area contributed by atoms with Gasteiger partial charge < -0.3 is 13.8 Å². The summed E-state index contributed by atoms with van der Waals surface area (Å²) in [6.45, 7) is 2.94. The molecule has 3 aromatic rings. The standard InChI is InChI=1S/C14H12N4O2/c1-9-6-12(20-17-9)14-16-15-13-8-19-11-5-3-2-4-10(11)7-18(13)14/h2-6H,7-8H2,1H3. The van der Waals surface area contributed by atoms with Crippen molar-refractivity contribution < 1.29 is 9.26 Å². The second-order valence-corrected chi connectivity index (χ2v) is 4.75. The quantitative estimate of drug-likeness (QED) is 0.676. The summed E-state index contributed by atoms with van der Waals surface area (Å²) >= 11 is 0. The summed E-state index contributed by atoms with van der Waals surface area (Å²) in [6.07, 6.45) is 0. The second-order valence-electron chi connectivity index (χ2n) is 4.75. The average molecular weight is 268 g/mol. The van der Waals surface area contributed by atoms with Crippen LogP contribution >= 0.6 is 0 Å². The molecule has 2 aromatic heterocycles. The largest absolute Gasteiger partial charge is 0.485 e. The summed E-state index contributed by atoms with van der Waals surface area (Å²) in [5.41, 5.74) is 1.92. The SMILES string of the molecule is Cc1cc(-c2nnc3n2Cc2ccccc2OC3)on1. The van der Waals surface area contributed by atoms with Gasteiger partial charge in [0.25, 0.3) is 0 Å². The van der Waals surface area contributed by atoms with Crippen LogP contribution in [0.25, 0.3) is 11.6 Å². The van der Waals surface area contributed by atoms with Crippen LogP contribution in [0.3, 0.4) is 0 Å². The Balaban J connectivity index is 1.83. The molecule has 0 saturated carbocycles. The number of rotatable bonds is 1. The van der Waals surface area contributed by atoms with Gasteiger partial charge in [-0.1, -0.05) is 23.4 Å². The highest BCUT2D eigenvalue weighted by Crippen LogP contribution is 2.27. The highest BCUT2D eigenvalue weighted by Gasteiger charge is 2.21. The number of ether oxygens (including phenoxy) is 1. The smallest absolute Gasteiger partial charge is 0.204 e. The zero-order chi connectivity index (χ0) is 13.5. The van der Waals surface area contributed by atoms with Gasteiger partial charge in [-0.15, -0.1) is 10.2 Å². The van der Waals surface area contributed by atoms with Crippen molar-refractivity contribution in [2.75, 3.05) is 0 Å². The Labute approximate surface area is 115 Å². The minimum atomic E-state index is 0.400. The lowest BCUT2D eigenvalue weighted by Crippen LogP contribution is -2.04. The zero-order valence-electron chi connectivity index (χ0n) is 10.9. The minimum absolute atomic E-state index is 0.400. The Morgan fingerprint density at radius 3 is 2.95 bits per heavy atom. The number of hydrogen-bond donors (Lipinski definition) is 0. The summed E-state index contributed by atoms with van der Waals surface area (Å²) < 4.78 is 13.1. The van der Waals surface area contributed by atoms with Crippen molar-refractivity contribution in [3.63, 3.8) is 0 Å². The van der Waals surface area contributed by atoms with Gasteiger partial charge in [-0.3, -0.25) is 0 Å². The predicted molar refractivity (Wildman–Crippen MR) is 70.1 cm³/mol. The fourth-order valence-electron chi connectivity index (χ4n) is 2.35. The first-order valence-corrected chi connectivity index (χ1v) is 6.38. The molecule has 20 heavy (non-hydrogen) atoms. The third kappa shape index (κ3) is 1.69. The van der Waals surface area contributed by atoms with E-state index in [1.165, 1.54) is 0 Å². The number of hydrogen-bond acceptors (Lipinski definition) is 5. The molecule has 0 atom stereocenters. The Hall–Kier alpha value is -2.63. The van der Waals surface area contributed by atoms with Gasteiger partial charge in [0, 0.05) is 11.6 Å². The van der Waals surface area contributed by atoms with E-state index in [9.17, 15) is 0 Å². The van der Waals surface area contributed by atoms with Crippen molar-refractivity contribution >= 4 is 0 Å². The molecule has 0 N–H and O–H groups in total. The summed E-state index contributed by atoms with van der Waals surface area (Å²) in [5, 5.41) is 12.3. The van der Waals surface area contributed by atoms with Gasteiger partial charge in [0.05, 0.1) is 12.2 Å². The van der Waals surface area contributed by atoms with E-state index in [0.717, 1.165) is 22.8 Å². The Morgan fingerprint density at radius 2 is 2.10 bits per heavy atom. The summed E-state index contributed by atoms with van der Waals surface area (Å²) in [6, 6.07) is 9.82. The molecule has 100 valence electrons. The van der Waals surface area contributed by atoms with E-state index in [1.54, 1.807) is 0 Å². The molecule has 0 bridgehead atoms. The molecule has 4 rings (SSSR count). The molecule has 0 fully saturated rings. The maximum absolute atomic E-state index is 5.76. The zero-order valence-corrected chi connectivity index (χ0v) is 10.9. The van der Waals surface area contributed by atoms with Crippen molar-refractivity contribution in [1.82, 2.24) is 19.9 Å². The fraction of sp³-hybridized carbons (Fsp3) is 0.214. The maximum Gasteiger partial charge on any atom is 0.204 e. The van der Waals surface area contributed by atoms with Crippen LogP contribution in [0.2, 0.25) is 0 Å². The van der Waals surface area contributed by atoms with Crippen LogP contribution in [0.1, 0.15) is 17.1 Å². The van der Waals surface area contributed by atoms with Crippen molar-refractivity contribution in [2.45, 2.75) is 20.1 Å². The third-order valence-corrected chi connectivity index (χ3v) is 3.33.